The van der Waals surface area contributed by atoms with Gasteiger partial charge in [-0.1, -0.05) is 10.3 Å². The molecule has 0 spiro atoms. The van der Waals surface area contributed by atoms with Crippen molar-refractivity contribution < 1.29 is 48.3 Å². The molecular weight excluding hydrogens is 676 g/mol. The predicted molar refractivity (Wildman–Crippen MR) is 182 cm³/mol. The van der Waals surface area contributed by atoms with Crippen molar-refractivity contribution in [3.8, 4) is 23.6 Å². The third-order valence-electron chi connectivity index (χ3n) is 6.98. The van der Waals surface area contributed by atoms with Crippen LogP contribution in [0.15, 0.2) is 81.8 Å². The summed E-state index contributed by atoms with van der Waals surface area (Å²) >= 11 is 0. The fraction of sp³-hybridized carbons (Fsp3) is 0.111. The maximum absolute atomic E-state index is 12.7. The van der Waals surface area contributed by atoms with E-state index in [1.807, 2.05) is 12.1 Å². The Labute approximate surface area is 293 Å². The topological polar surface area (TPSA) is 262 Å². The van der Waals surface area contributed by atoms with Gasteiger partial charge in [-0.2, -0.15) is 10.5 Å². The van der Waals surface area contributed by atoms with Crippen LogP contribution in [-0.2, 0) is 4.74 Å². The van der Waals surface area contributed by atoms with E-state index in [1.54, 1.807) is 20.8 Å². The van der Waals surface area contributed by atoms with Crippen LogP contribution in [0.5, 0.6) is 11.5 Å². The summed E-state index contributed by atoms with van der Waals surface area (Å²) in [7, 11) is 0. The molecule has 0 bridgehead atoms. The standard InChI is InChI=1S/C20H17N3O5.C16H9N3O5/c1-20(2,3)27-19(26)14-8-11(10-21)4-7-15(14)22-18(25)17-13-6-5-12(24)9-16(13)28-23-17;17-7-8-1-4-12(11(5-8)16(22)23)18-15(21)14-10-3-2-9(20)6-13(10)24-19-14/h4-9,24H,1-3H3,(H,22,25);1-6,20H,(H,18,21)(H,22,23). The number of aromatic nitrogens is 2. The van der Waals surface area contributed by atoms with Crippen molar-refractivity contribution in [2.45, 2.75) is 26.4 Å². The predicted octanol–water partition coefficient (Wildman–Crippen LogP) is 5.97. The largest absolute Gasteiger partial charge is 0.508 e. The number of fused-ring (bicyclic) bond motifs is 2. The summed E-state index contributed by atoms with van der Waals surface area (Å²) in [6, 6.07) is 20.3. The summed E-state index contributed by atoms with van der Waals surface area (Å²) in [5.74, 6) is -3.29. The Kier molecular flexibility index (Phi) is 9.86. The minimum Gasteiger partial charge on any atom is -0.508 e. The van der Waals surface area contributed by atoms with Gasteiger partial charge >= 0.3 is 11.9 Å². The lowest BCUT2D eigenvalue weighted by atomic mass is 10.1. The zero-order valence-electron chi connectivity index (χ0n) is 27.4. The summed E-state index contributed by atoms with van der Waals surface area (Å²) in [6.45, 7) is 5.15. The van der Waals surface area contributed by atoms with E-state index in [-0.39, 0.29) is 67.7 Å². The number of benzene rings is 4. The average Bonchev–Trinajstić information content (AvgIpc) is 3.72. The van der Waals surface area contributed by atoms with Crippen molar-refractivity contribution in [3.63, 3.8) is 0 Å². The molecule has 52 heavy (non-hydrogen) atoms. The summed E-state index contributed by atoms with van der Waals surface area (Å²) < 4.78 is 15.4. The van der Waals surface area contributed by atoms with Crippen LogP contribution in [0.1, 0.15) is 73.6 Å². The molecule has 0 aliphatic carbocycles. The Morgan fingerprint density at radius 1 is 0.692 bits per heavy atom. The molecule has 2 amide bonds. The van der Waals surface area contributed by atoms with Crippen LogP contribution in [0.3, 0.4) is 0 Å². The number of esters is 1. The highest BCUT2D eigenvalue weighted by Crippen LogP contribution is 2.27. The molecular formula is C36H26N6O10. The van der Waals surface area contributed by atoms with E-state index in [4.69, 9.17) is 24.3 Å². The summed E-state index contributed by atoms with van der Waals surface area (Å²) in [6.07, 6.45) is 0. The molecule has 4 aromatic carbocycles. The third kappa shape index (κ3) is 7.94. The number of hydrogen-bond donors (Lipinski definition) is 5. The van der Waals surface area contributed by atoms with Crippen molar-refractivity contribution in [2.75, 3.05) is 10.6 Å². The lowest BCUT2D eigenvalue weighted by molar-refractivity contribution is 0.00703. The first-order chi connectivity index (χ1) is 24.7. The van der Waals surface area contributed by atoms with Crippen LogP contribution in [0.2, 0.25) is 0 Å². The molecule has 0 fully saturated rings. The molecule has 2 aromatic heterocycles. The zero-order chi connectivity index (χ0) is 37.7. The minimum atomic E-state index is -1.28. The number of carboxylic acids is 1. The number of ether oxygens (including phenoxy) is 1. The minimum absolute atomic E-state index is 0.00509. The number of carbonyl (C=O) groups excluding carboxylic acids is 3. The van der Waals surface area contributed by atoms with Gasteiger partial charge in [-0.25, -0.2) is 9.59 Å². The number of carboxylic acid groups (broad SMARTS) is 1. The van der Waals surface area contributed by atoms with Crippen molar-refractivity contribution in [3.05, 3.63) is 106 Å². The normalized spacial score (nSPS) is 10.7. The van der Waals surface area contributed by atoms with E-state index in [0.29, 0.717) is 10.8 Å². The number of anilines is 2. The molecule has 260 valence electrons. The molecule has 0 radical (unpaired) electrons. The number of aromatic hydroxyl groups is 2. The quantitative estimate of drug-likeness (QED) is 0.125. The van der Waals surface area contributed by atoms with Crippen LogP contribution in [0.25, 0.3) is 21.9 Å². The summed E-state index contributed by atoms with van der Waals surface area (Å²) in [5, 5.41) is 59.2. The van der Waals surface area contributed by atoms with E-state index >= 15 is 0 Å². The Morgan fingerprint density at radius 2 is 1.13 bits per heavy atom. The molecule has 0 saturated heterocycles. The molecule has 5 N–H and O–H groups in total. The van der Waals surface area contributed by atoms with Crippen molar-refractivity contribution in [2.24, 2.45) is 0 Å². The van der Waals surface area contributed by atoms with E-state index in [0.717, 1.165) is 6.07 Å². The highest BCUT2D eigenvalue weighted by molar-refractivity contribution is 6.13. The zero-order valence-corrected chi connectivity index (χ0v) is 27.4. The molecule has 0 unspecified atom stereocenters. The monoisotopic (exact) mass is 702 g/mol. The number of nitrogens with one attached hydrogen (secondary N) is 2. The van der Waals surface area contributed by atoms with Gasteiger partial charge in [0.25, 0.3) is 11.8 Å². The molecule has 0 atom stereocenters. The molecule has 0 aliphatic rings. The average molecular weight is 703 g/mol. The second-order valence-electron chi connectivity index (χ2n) is 11.9. The van der Waals surface area contributed by atoms with Gasteiger partial charge in [0.2, 0.25) is 0 Å². The van der Waals surface area contributed by atoms with E-state index in [1.165, 1.54) is 66.7 Å². The Balaban J connectivity index is 0.000000203. The Morgan fingerprint density at radius 3 is 1.56 bits per heavy atom. The number of nitriles is 2. The number of phenolic OH excluding ortho intramolecular Hbond substituents is 2. The maximum atomic E-state index is 12.7. The van der Waals surface area contributed by atoms with Crippen LogP contribution >= 0.6 is 0 Å². The van der Waals surface area contributed by atoms with Crippen molar-refractivity contribution in [1.82, 2.24) is 10.3 Å². The SMILES string of the molecule is CC(C)(C)OC(=O)c1cc(C#N)ccc1NC(=O)c1noc2cc(O)ccc12.N#Cc1ccc(NC(=O)c2noc3cc(O)ccc23)c(C(=O)O)c1. The number of rotatable bonds is 6. The number of phenols is 2. The van der Waals surface area contributed by atoms with Gasteiger partial charge < -0.3 is 39.7 Å². The van der Waals surface area contributed by atoms with E-state index in [9.17, 15) is 34.5 Å². The highest BCUT2D eigenvalue weighted by atomic mass is 16.6. The molecule has 0 saturated carbocycles. The smallest absolute Gasteiger partial charge is 0.340 e. The Bertz CT molecular complexity index is 2480. The molecule has 6 rings (SSSR count). The molecule has 6 aromatic rings. The highest BCUT2D eigenvalue weighted by Gasteiger charge is 2.24. The molecule has 16 nitrogen and oxygen atoms in total. The van der Waals surface area contributed by atoms with Gasteiger partial charge in [0.15, 0.2) is 22.6 Å². The van der Waals surface area contributed by atoms with Gasteiger partial charge in [0.1, 0.15) is 17.1 Å². The van der Waals surface area contributed by atoms with E-state index < -0.39 is 29.4 Å². The van der Waals surface area contributed by atoms with Gasteiger partial charge in [-0.15, -0.1) is 0 Å². The van der Waals surface area contributed by atoms with Gasteiger partial charge in [-0.05, 0) is 81.4 Å². The fourth-order valence-corrected chi connectivity index (χ4v) is 4.67. The van der Waals surface area contributed by atoms with Crippen molar-refractivity contribution in [1.29, 1.82) is 10.5 Å². The summed E-state index contributed by atoms with van der Waals surface area (Å²) in [5.41, 5.74) is 0.117. The van der Waals surface area contributed by atoms with Crippen LogP contribution < -0.4 is 10.6 Å². The van der Waals surface area contributed by atoms with Gasteiger partial charge in [-0.3, -0.25) is 9.59 Å². The van der Waals surface area contributed by atoms with Gasteiger partial charge in [0, 0.05) is 12.1 Å². The Hall–Kier alpha value is -7.72. The van der Waals surface area contributed by atoms with Crippen LogP contribution in [0.4, 0.5) is 11.4 Å². The van der Waals surface area contributed by atoms with Gasteiger partial charge in [0.05, 0.1) is 56.5 Å². The van der Waals surface area contributed by atoms with Crippen LogP contribution in [0, 0.1) is 22.7 Å². The number of aromatic carboxylic acids is 1. The second-order valence-corrected chi connectivity index (χ2v) is 11.9. The molecule has 0 aliphatic heterocycles. The summed E-state index contributed by atoms with van der Waals surface area (Å²) in [4.78, 5) is 48.8. The number of nitrogens with zero attached hydrogens (tertiary/aromatic N) is 4. The van der Waals surface area contributed by atoms with E-state index in [2.05, 4.69) is 20.9 Å². The number of carbonyl (C=O) groups is 4. The first-order valence-electron chi connectivity index (χ1n) is 15.0. The fourth-order valence-electron chi connectivity index (χ4n) is 4.67. The lowest BCUT2D eigenvalue weighted by Crippen LogP contribution is -2.25. The lowest BCUT2D eigenvalue weighted by Gasteiger charge is -2.20. The molecule has 16 heteroatoms. The molecule has 2 heterocycles. The first kappa shape index (κ1) is 35.6. The number of hydrogen-bond acceptors (Lipinski definition) is 13. The second kappa shape index (κ2) is 14.4. The van der Waals surface area contributed by atoms with Crippen LogP contribution in [-0.4, -0.2) is 55.0 Å². The maximum Gasteiger partial charge on any atom is 0.340 e. The first-order valence-corrected chi connectivity index (χ1v) is 15.0. The van der Waals surface area contributed by atoms with Crippen molar-refractivity contribution >= 4 is 57.1 Å². The third-order valence-corrected chi connectivity index (χ3v) is 6.98. The number of amides is 2.